The highest BCUT2D eigenvalue weighted by molar-refractivity contribution is 5.02. The molecular weight excluding hydrogens is 108 g/mol. The van der Waals surface area contributed by atoms with E-state index in [-0.39, 0.29) is 0 Å². The van der Waals surface area contributed by atoms with Crippen molar-refractivity contribution in [2.24, 2.45) is 11.8 Å². The van der Waals surface area contributed by atoms with Crippen LogP contribution >= 0.6 is 0 Å². The van der Waals surface area contributed by atoms with Crippen molar-refractivity contribution >= 4 is 0 Å². The van der Waals surface area contributed by atoms with Crippen molar-refractivity contribution in [1.29, 1.82) is 0 Å². The molecule has 0 heteroatoms. The highest BCUT2D eigenvalue weighted by atomic mass is 14.0. The maximum absolute atomic E-state index is 3.18. The van der Waals surface area contributed by atoms with E-state index in [1.807, 2.05) is 0 Å². The minimum absolute atomic E-state index is 0.560. The van der Waals surface area contributed by atoms with E-state index in [0.717, 1.165) is 6.42 Å². The molecule has 0 amide bonds. The van der Waals surface area contributed by atoms with Gasteiger partial charge in [0.2, 0.25) is 0 Å². The van der Waals surface area contributed by atoms with E-state index < -0.39 is 0 Å². The zero-order chi connectivity index (χ0) is 7.28. The molecule has 0 radical (unpaired) electrons. The van der Waals surface area contributed by atoms with E-state index in [9.17, 15) is 0 Å². The summed E-state index contributed by atoms with van der Waals surface area (Å²) in [6, 6.07) is 0. The zero-order valence-electron chi connectivity index (χ0n) is 6.86. The van der Waals surface area contributed by atoms with Gasteiger partial charge in [0.1, 0.15) is 0 Å². The van der Waals surface area contributed by atoms with Crippen LogP contribution < -0.4 is 0 Å². The summed E-state index contributed by atoms with van der Waals surface area (Å²) in [6.45, 7) is 8.66. The van der Waals surface area contributed by atoms with E-state index in [4.69, 9.17) is 0 Å². The van der Waals surface area contributed by atoms with Gasteiger partial charge in [0.25, 0.3) is 0 Å². The molecule has 9 heavy (non-hydrogen) atoms. The summed E-state index contributed by atoms with van der Waals surface area (Å²) in [4.78, 5) is 0. The molecule has 1 unspecified atom stereocenters. The Kier molecular flexibility index (Phi) is 4.22. The van der Waals surface area contributed by atoms with Crippen LogP contribution in [0, 0.1) is 23.7 Å². The Balaban J connectivity index is 3.61. The predicted octanol–water partition coefficient (Wildman–Crippen LogP) is 2.69. The van der Waals surface area contributed by atoms with Crippen LogP contribution in [0.2, 0.25) is 0 Å². The third-order valence-electron chi connectivity index (χ3n) is 1.51. The fraction of sp³-hybridized carbons (Fsp3) is 0.778. The SMILES string of the molecule is CCC#CC(C)C(C)C. The lowest BCUT2D eigenvalue weighted by atomic mass is 9.99. The van der Waals surface area contributed by atoms with E-state index in [2.05, 4.69) is 39.5 Å². The minimum atomic E-state index is 0.560. The number of hydrogen-bond acceptors (Lipinski definition) is 0. The fourth-order valence-electron chi connectivity index (χ4n) is 0.430. The highest BCUT2D eigenvalue weighted by Gasteiger charge is 2.00. The molecule has 0 aliphatic carbocycles. The van der Waals surface area contributed by atoms with Crippen LogP contribution in [-0.4, -0.2) is 0 Å². The van der Waals surface area contributed by atoms with Crippen LogP contribution in [0.5, 0.6) is 0 Å². The van der Waals surface area contributed by atoms with Crippen LogP contribution in [0.1, 0.15) is 34.1 Å². The maximum atomic E-state index is 3.18. The second-order valence-electron chi connectivity index (χ2n) is 2.71. The largest absolute Gasteiger partial charge is 0.103 e. The normalized spacial score (nSPS) is 12.6. The molecule has 0 rings (SSSR count). The molecule has 0 aliphatic rings. The van der Waals surface area contributed by atoms with Crippen molar-refractivity contribution in [3.63, 3.8) is 0 Å². The molecule has 0 spiro atoms. The molecule has 0 heterocycles. The summed E-state index contributed by atoms with van der Waals surface area (Å²) in [6.07, 6.45) is 0.983. The standard InChI is InChI=1S/C9H16/c1-5-6-7-9(4)8(2)3/h8-9H,5H2,1-4H3. The second-order valence-corrected chi connectivity index (χ2v) is 2.71. The van der Waals surface area contributed by atoms with E-state index in [0.29, 0.717) is 11.8 Å². The first-order valence-corrected chi connectivity index (χ1v) is 3.66. The van der Waals surface area contributed by atoms with Crippen LogP contribution in [0.4, 0.5) is 0 Å². The Hall–Kier alpha value is -0.440. The Bertz CT molecular complexity index is 112. The van der Waals surface area contributed by atoms with E-state index in [1.54, 1.807) is 0 Å². The lowest BCUT2D eigenvalue weighted by Gasteiger charge is -2.05. The van der Waals surface area contributed by atoms with Gasteiger partial charge in [0.15, 0.2) is 0 Å². The van der Waals surface area contributed by atoms with Crippen molar-refractivity contribution in [2.45, 2.75) is 34.1 Å². The van der Waals surface area contributed by atoms with Crippen molar-refractivity contribution in [2.75, 3.05) is 0 Å². The summed E-state index contributed by atoms with van der Waals surface area (Å²) >= 11 is 0. The molecule has 0 aromatic carbocycles. The Morgan fingerprint density at radius 2 is 1.78 bits per heavy atom. The molecule has 0 saturated heterocycles. The van der Waals surface area contributed by atoms with Gasteiger partial charge in [-0.2, -0.15) is 0 Å². The Labute approximate surface area is 58.7 Å². The van der Waals surface area contributed by atoms with Gasteiger partial charge in [-0.3, -0.25) is 0 Å². The van der Waals surface area contributed by atoms with E-state index >= 15 is 0 Å². The number of hydrogen-bond donors (Lipinski definition) is 0. The molecule has 0 aliphatic heterocycles. The van der Waals surface area contributed by atoms with Crippen LogP contribution in [0.25, 0.3) is 0 Å². The van der Waals surface area contributed by atoms with Gasteiger partial charge in [0.05, 0.1) is 0 Å². The van der Waals surface area contributed by atoms with Gasteiger partial charge in [-0.25, -0.2) is 0 Å². The summed E-state index contributed by atoms with van der Waals surface area (Å²) in [5.41, 5.74) is 0. The topological polar surface area (TPSA) is 0 Å². The third kappa shape index (κ3) is 4.09. The molecule has 0 N–H and O–H groups in total. The summed E-state index contributed by atoms with van der Waals surface area (Å²) < 4.78 is 0. The second kappa shape index (κ2) is 4.44. The summed E-state index contributed by atoms with van der Waals surface area (Å²) in [5.74, 6) is 7.52. The van der Waals surface area contributed by atoms with Crippen molar-refractivity contribution in [1.82, 2.24) is 0 Å². The highest BCUT2D eigenvalue weighted by Crippen LogP contribution is 2.06. The zero-order valence-corrected chi connectivity index (χ0v) is 6.86. The molecule has 0 nitrogen and oxygen atoms in total. The van der Waals surface area contributed by atoms with E-state index in [1.165, 1.54) is 0 Å². The quantitative estimate of drug-likeness (QED) is 0.471. The van der Waals surface area contributed by atoms with Crippen molar-refractivity contribution < 1.29 is 0 Å². The van der Waals surface area contributed by atoms with Gasteiger partial charge in [0, 0.05) is 12.3 Å². The molecule has 52 valence electrons. The lowest BCUT2D eigenvalue weighted by Crippen LogP contribution is -1.99. The first-order chi connectivity index (χ1) is 4.18. The average Bonchev–Trinajstić information content (AvgIpc) is 1.82. The molecule has 0 bridgehead atoms. The predicted molar refractivity (Wildman–Crippen MR) is 42.1 cm³/mol. The molecule has 1 atom stereocenters. The monoisotopic (exact) mass is 124 g/mol. The van der Waals surface area contributed by atoms with Gasteiger partial charge in [-0.1, -0.05) is 33.6 Å². The first kappa shape index (κ1) is 8.56. The van der Waals surface area contributed by atoms with Crippen LogP contribution in [0.3, 0.4) is 0 Å². The molecule has 0 saturated carbocycles. The van der Waals surface area contributed by atoms with Crippen LogP contribution in [-0.2, 0) is 0 Å². The molecule has 0 fully saturated rings. The fourth-order valence-corrected chi connectivity index (χ4v) is 0.430. The molecule has 0 aromatic rings. The Morgan fingerprint density at radius 3 is 2.11 bits per heavy atom. The maximum Gasteiger partial charge on any atom is 0.0197 e. The van der Waals surface area contributed by atoms with Crippen molar-refractivity contribution in [3.05, 3.63) is 0 Å². The van der Waals surface area contributed by atoms with Crippen molar-refractivity contribution in [3.8, 4) is 11.8 Å². The van der Waals surface area contributed by atoms with Gasteiger partial charge < -0.3 is 0 Å². The molecule has 0 aromatic heterocycles. The lowest BCUT2D eigenvalue weighted by molar-refractivity contribution is 0.519. The summed E-state index contributed by atoms with van der Waals surface area (Å²) in [7, 11) is 0. The third-order valence-corrected chi connectivity index (χ3v) is 1.51. The van der Waals surface area contributed by atoms with Gasteiger partial charge in [-0.05, 0) is 5.92 Å². The molecular formula is C9H16. The first-order valence-electron chi connectivity index (χ1n) is 3.66. The minimum Gasteiger partial charge on any atom is -0.103 e. The Morgan fingerprint density at radius 1 is 1.22 bits per heavy atom. The summed E-state index contributed by atoms with van der Waals surface area (Å²) in [5, 5.41) is 0. The smallest absolute Gasteiger partial charge is 0.0197 e. The average molecular weight is 124 g/mol. The number of rotatable bonds is 1. The van der Waals surface area contributed by atoms with Gasteiger partial charge >= 0.3 is 0 Å². The van der Waals surface area contributed by atoms with Gasteiger partial charge in [-0.15, -0.1) is 5.92 Å². The van der Waals surface area contributed by atoms with Crippen LogP contribution in [0.15, 0.2) is 0 Å².